The Morgan fingerprint density at radius 3 is 2.95 bits per heavy atom. The molecule has 0 aliphatic rings. The number of anilines is 1. The summed E-state index contributed by atoms with van der Waals surface area (Å²) in [7, 11) is 1.54. The van der Waals surface area contributed by atoms with E-state index in [0.29, 0.717) is 34.1 Å². The summed E-state index contributed by atoms with van der Waals surface area (Å²) >= 11 is 0. The van der Waals surface area contributed by atoms with Gasteiger partial charge in [0.1, 0.15) is 11.3 Å². The lowest BCUT2D eigenvalue weighted by atomic mass is 10.2. The van der Waals surface area contributed by atoms with Gasteiger partial charge in [0.2, 0.25) is 5.95 Å². The molecule has 3 rings (SSSR count). The number of pyridine rings is 1. The van der Waals surface area contributed by atoms with Crippen LogP contribution in [-0.4, -0.2) is 21.6 Å². The maximum Gasteiger partial charge on any atom is 0.207 e. The third-order valence-corrected chi connectivity index (χ3v) is 2.99. The maximum atomic E-state index is 8.94. The van der Waals surface area contributed by atoms with Crippen molar-refractivity contribution in [3.05, 3.63) is 42.1 Å². The van der Waals surface area contributed by atoms with Gasteiger partial charge < -0.3 is 10.5 Å². The van der Waals surface area contributed by atoms with Gasteiger partial charge in [0.05, 0.1) is 24.4 Å². The number of imidazole rings is 1. The molecule has 98 valence electrons. The molecule has 0 bridgehead atoms. The number of hydrogen-bond donors (Lipinski definition) is 1. The van der Waals surface area contributed by atoms with Gasteiger partial charge in [0, 0.05) is 12.3 Å². The summed E-state index contributed by atoms with van der Waals surface area (Å²) in [6.45, 7) is 0. The van der Waals surface area contributed by atoms with Crippen LogP contribution in [0.25, 0.3) is 16.9 Å². The minimum Gasteiger partial charge on any atom is -0.495 e. The van der Waals surface area contributed by atoms with Crippen molar-refractivity contribution in [3.63, 3.8) is 0 Å². The smallest absolute Gasteiger partial charge is 0.207 e. The summed E-state index contributed by atoms with van der Waals surface area (Å²) in [5.41, 5.74) is 8.54. The van der Waals surface area contributed by atoms with Crippen LogP contribution in [0.4, 0.5) is 5.95 Å². The summed E-state index contributed by atoms with van der Waals surface area (Å²) < 4.78 is 7.04. The summed E-state index contributed by atoms with van der Waals surface area (Å²) in [5, 5.41) is 8.94. The van der Waals surface area contributed by atoms with Crippen LogP contribution in [0.1, 0.15) is 5.56 Å². The molecule has 0 saturated carbocycles. The number of fused-ring (bicyclic) bond motifs is 1. The van der Waals surface area contributed by atoms with Crippen LogP contribution in [0.2, 0.25) is 0 Å². The van der Waals surface area contributed by atoms with Gasteiger partial charge in [0.25, 0.3) is 0 Å². The number of rotatable bonds is 2. The maximum absolute atomic E-state index is 8.94. The number of methoxy groups -OCH3 is 1. The molecule has 2 N–H and O–H groups in total. The molecule has 3 aromatic rings. The molecular weight excluding hydrogens is 254 g/mol. The first-order chi connectivity index (χ1) is 9.74. The van der Waals surface area contributed by atoms with Crippen LogP contribution in [0.3, 0.4) is 0 Å². The first kappa shape index (κ1) is 12.0. The fourth-order valence-corrected chi connectivity index (χ4v) is 2.10. The second kappa shape index (κ2) is 4.55. The van der Waals surface area contributed by atoms with Gasteiger partial charge in [-0.25, -0.2) is 9.97 Å². The van der Waals surface area contributed by atoms with E-state index in [0.717, 1.165) is 0 Å². The molecule has 6 heteroatoms. The third kappa shape index (κ3) is 1.73. The number of nitrogens with zero attached hydrogens (tertiary/aromatic N) is 4. The van der Waals surface area contributed by atoms with E-state index in [2.05, 4.69) is 16.0 Å². The lowest BCUT2D eigenvalue weighted by Gasteiger charge is -2.11. The molecule has 0 aliphatic carbocycles. The van der Waals surface area contributed by atoms with Gasteiger partial charge in [-0.05, 0) is 24.3 Å². The van der Waals surface area contributed by atoms with E-state index >= 15 is 0 Å². The Labute approximate surface area is 115 Å². The van der Waals surface area contributed by atoms with Gasteiger partial charge in [-0.15, -0.1) is 0 Å². The van der Waals surface area contributed by atoms with Crippen molar-refractivity contribution in [2.45, 2.75) is 0 Å². The van der Waals surface area contributed by atoms with E-state index in [-0.39, 0.29) is 0 Å². The molecule has 0 aliphatic heterocycles. The quantitative estimate of drug-likeness (QED) is 0.764. The predicted molar refractivity (Wildman–Crippen MR) is 74.5 cm³/mol. The molecule has 0 unspecified atom stereocenters. The predicted octanol–water partition coefficient (Wildman–Crippen LogP) is 1.88. The summed E-state index contributed by atoms with van der Waals surface area (Å²) in [6.07, 6.45) is 1.68. The molecule has 0 amide bonds. The van der Waals surface area contributed by atoms with E-state index in [4.69, 9.17) is 15.7 Å². The molecule has 2 aromatic heterocycles. The van der Waals surface area contributed by atoms with E-state index < -0.39 is 0 Å². The molecule has 6 nitrogen and oxygen atoms in total. The van der Waals surface area contributed by atoms with Crippen LogP contribution in [0.15, 0.2) is 36.5 Å². The van der Waals surface area contributed by atoms with Crippen LogP contribution in [0.5, 0.6) is 5.75 Å². The minimum atomic E-state index is 0.321. The Balaban J connectivity index is 2.31. The summed E-state index contributed by atoms with van der Waals surface area (Å²) in [5.74, 6) is 0.863. The van der Waals surface area contributed by atoms with E-state index in [1.54, 1.807) is 42.1 Å². The van der Waals surface area contributed by atoms with Crippen molar-refractivity contribution in [2.24, 2.45) is 0 Å². The first-order valence-electron chi connectivity index (χ1n) is 5.92. The van der Waals surface area contributed by atoms with E-state index in [1.165, 1.54) is 0 Å². The average Bonchev–Trinajstić information content (AvgIpc) is 2.82. The highest BCUT2D eigenvalue weighted by molar-refractivity contribution is 5.77. The van der Waals surface area contributed by atoms with Crippen LogP contribution in [0, 0.1) is 11.3 Å². The first-order valence-corrected chi connectivity index (χ1v) is 5.92. The topological polar surface area (TPSA) is 89.8 Å². The Kier molecular flexibility index (Phi) is 2.73. The van der Waals surface area contributed by atoms with Crippen LogP contribution < -0.4 is 10.5 Å². The molecule has 2 heterocycles. The SMILES string of the molecule is COc1cc(C#N)ccc1-n1c(N)nc2cccnc21. The minimum absolute atomic E-state index is 0.321. The Bertz CT molecular complexity index is 831. The highest BCUT2D eigenvalue weighted by Crippen LogP contribution is 2.29. The van der Waals surface area contributed by atoms with Crippen molar-refractivity contribution in [3.8, 4) is 17.5 Å². The molecule has 0 saturated heterocycles. The fourth-order valence-electron chi connectivity index (χ4n) is 2.10. The average molecular weight is 265 g/mol. The molecule has 0 atom stereocenters. The van der Waals surface area contributed by atoms with Crippen molar-refractivity contribution in [1.82, 2.24) is 14.5 Å². The fraction of sp³-hybridized carbons (Fsp3) is 0.0714. The standard InChI is InChI=1S/C14H11N5O/c1-20-12-7-9(8-15)4-5-11(12)19-13-10(18-14(19)16)3-2-6-17-13/h2-7H,1H3,(H2,16,18). The zero-order valence-corrected chi connectivity index (χ0v) is 10.7. The van der Waals surface area contributed by atoms with E-state index in [1.807, 2.05) is 6.07 Å². The summed E-state index contributed by atoms with van der Waals surface area (Å²) in [4.78, 5) is 8.56. The molecule has 0 spiro atoms. The number of hydrogen-bond acceptors (Lipinski definition) is 5. The van der Waals surface area contributed by atoms with Gasteiger partial charge >= 0.3 is 0 Å². The number of ether oxygens (including phenoxy) is 1. The van der Waals surface area contributed by atoms with Gasteiger partial charge in [-0.1, -0.05) is 0 Å². The monoisotopic (exact) mass is 265 g/mol. The Morgan fingerprint density at radius 2 is 2.20 bits per heavy atom. The van der Waals surface area contributed by atoms with Crippen molar-refractivity contribution in [2.75, 3.05) is 12.8 Å². The lowest BCUT2D eigenvalue weighted by molar-refractivity contribution is 0.413. The van der Waals surface area contributed by atoms with E-state index in [9.17, 15) is 0 Å². The zero-order chi connectivity index (χ0) is 14.1. The number of nitrogens with two attached hydrogens (primary N) is 1. The van der Waals surface area contributed by atoms with Crippen molar-refractivity contribution in [1.29, 1.82) is 5.26 Å². The lowest BCUT2D eigenvalue weighted by Crippen LogP contribution is -2.03. The molecule has 0 fully saturated rings. The Morgan fingerprint density at radius 1 is 1.35 bits per heavy atom. The molecule has 1 aromatic carbocycles. The number of nitriles is 1. The van der Waals surface area contributed by atoms with Gasteiger partial charge in [-0.2, -0.15) is 5.26 Å². The highest BCUT2D eigenvalue weighted by atomic mass is 16.5. The second-order valence-electron chi connectivity index (χ2n) is 4.15. The van der Waals surface area contributed by atoms with Crippen molar-refractivity contribution >= 4 is 17.1 Å². The number of nitrogen functional groups attached to an aromatic ring is 1. The van der Waals surface area contributed by atoms with Crippen molar-refractivity contribution < 1.29 is 4.74 Å². The normalized spacial score (nSPS) is 10.4. The number of aromatic nitrogens is 3. The van der Waals surface area contributed by atoms with Gasteiger partial charge in [0.15, 0.2) is 5.65 Å². The number of benzene rings is 1. The molecule has 20 heavy (non-hydrogen) atoms. The van der Waals surface area contributed by atoms with Gasteiger partial charge in [-0.3, -0.25) is 4.57 Å². The zero-order valence-electron chi connectivity index (χ0n) is 10.7. The molecule has 0 radical (unpaired) electrons. The largest absolute Gasteiger partial charge is 0.495 e. The second-order valence-corrected chi connectivity index (χ2v) is 4.15. The summed E-state index contributed by atoms with van der Waals surface area (Å²) in [6, 6.07) is 10.8. The molecular formula is C14H11N5O. The third-order valence-electron chi connectivity index (χ3n) is 2.99. The Hall–Kier alpha value is -3.07. The van der Waals surface area contributed by atoms with Crippen LogP contribution in [-0.2, 0) is 0 Å². The van der Waals surface area contributed by atoms with Crippen LogP contribution >= 0.6 is 0 Å². The highest BCUT2D eigenvalue weighted by Gasteiger charge is 2.14.